The van der Waals surface area contributed by atoms with E-state index in [1.165, 1.54) is 19.2 Å². The Bertz CT molecular complexity index is 691. The van der Waals surface area contributed by atoms with Crippen LogP contribution in [0.25, 0.3) is 0 Å². The number of aldehydes is 1. The predicted octanol–water partition coefficient (Wildman–Crippen LogP) is 3.31. The van der Waals surface area contributed by atoms with Gasteiger partial charge < -0.3 is 14.6 Å². The van der Waals surface area contributed by atoms with E-state index in [4.69, 9.17) is 9.47 Å². The maximum absolute atomic E-state index is 11.2. The first-order valence-corrected chi connectivity index (χ1v) is 6.20. The molecule has 108 valence electrons. The summed E-state index contributed by atoms with van der Waals surface area (Å²) in [6.07, 6.45) is 0.696. The second-order valence-corrected chi connectivity index (χ2v) is 4.43. The summed E-state index contributed by atoms with van der Waals surface area (Å²) >= 11 is 0. The van der Waals surface area contributed by atoms with Gasteiger partial charge in [0.15, 0.2) is 11.5 Å². The molecular formula is C16H14O5. The van der Waals surface area contributed by atoms with Crippen molar-refractivity contribution in [3.8, 4) is 17.2 Å². The molecule has 2 aromatic rings. The fourth-order valence-corrected chi connectivity index (χ4v) is 1.85. The van der Waals surface area contributed by atoms with Crippen LogP contribution in [0.1, 0.15) is 26.3 Å². The molecule has 0 aliphatic heterocycles. The van der Waals surface area contributed by atoms with Gasteiger partial charge in [0.25, 0.3) is 0 Å². The van der Waals surface area contributed by atoms with Gasteiger partial charge in [0.1, 0.15) is 17.6 Å². The highest BCUT2D eigenvalue weighted by Crippen LogP contribution is 2.34. The zero-order valence-corrected chi connectivity index (χ0v) is 11.6. The van der Waals surface area contributed by atoms with Gasteiger partial charge in [-0.15, -0.1) is 0 Å². The number of methoxy groups -OCH3 is 1. The molecule has 0 radical (unpaired) electrons. The van der Waals surface area contributed by atoms with Crippen molar-refractivity contribution in [1.29, 1.82) is 0 Å². The first kappa shape index (κ1) is 14.6. The summed E-state index contributed by atoms with van der Waals surface area (Å²) in [5.74, 6) is -0.151. The Hall–Kier alpha value is -2.82. The van der Waals surface area contributed by atoms with Crippen molar-refractivity contribution in [3.63, 3.8) is 0 Å². The summed E-state index contributed by atoms with van der Waals surface area (Å²) in [4.78, 5) is 22.0. The number of hydrogen-bond acceptors (Lipinski definition) is 4. The minimum atomic E-state index is -1.08. The van der Waals surface area contributed by atoms with Crippen LogP contribution in [0.15, 0.2) is 36.4 Å². The van der Waals surface area contributed by atoms with E-state index in [2.05, 4.69) is 0 Å². The third kappa shape index (κ3) is 3.20. The number of aromatic carboxylic acids is 1. The molecule has 1 N–H and O–H groups in total. The number of hydrogen-bond donors (Lipinski definition) is 1. The molecule has 0 atom stereocenters. The SMILES string of the molecule is COc1cc(C=O)ccc1Oc1cc(C)ccc1C(=O)O. The maximum atomic E-state index is 11.2. The van der Waals surface area contributed by atoms with E-state index in [1.807, 2.05) is 6.92 Å². The number of carboxylic acid groups (broad SMARTS) is 1. The highest BCUT2D eigenvalue weighted by Gasteiger charge is 2.14. The van der Waals surface area contributed by atoms with Gasteiger partial charge in [-0.05, 0) is 42.8 Å². The van der Waals surface area contributed by atoms with Crippen LogP contribution >= 0.6 is 0 Å². The van der Waals surface area contributed by atoms with E-state index < -0.39 is 5.97 Å². The first-order chi connectivity index (χ1) is 10.0. The smallest absolute Gasteiger partial charge is 0.339 e. The van der Waals surface area contributed by atoms with Gasteiger partial charge in [0.2, 0.25) is 0 Å². The molecule has 0 saturated carbocycles. The lowest BCUT2D eigenvalue weighted by Crippen LogP contribution is -2.01. The molecule has 0 aliphatic carbocycles. The van der Waals surface area contributed by atoms with Crippen LogP contribution in [0, 0.1) is 6.92 Å². The fraction of sp³-hybridized carbons (Fsp3) is 0.125. The number of ether oxygens (including phenoxy) is 2. The van der Waals surface area contributed by atoms with Crippen LogP contribution < -0.4 is 9.47 Å². The standard InChI is InChI=1S/C16H14O5/c1-10-3-5-12(16(18)19)14(7-10)21-13-6-4-11(9-17)8-15(13)20-2/h3-9H,1-2H3,(H,18,19). The minimum Gasteiger partial charge on any atom is -0.493 e. The Balaban J connectivity index is 2.44. The van der Waals surface area contributed by atoms with E-state index in [0.717, 1.165) is 5.56 Å². The molecule has 5 nitrogen and oxygen atoms in total. The maximum Gasteiger partial charge on any atom is 0.339 e. The first-order valence-electron chi connectivity index (χ1n) is 6.20. The average molecular weight is 286 g/mol. The van der Waals surface area contributed by atoms with Crippen molar-refractivity contribution < 1.29 is 24.2 Å². The second kappa shape index (κ2) is 6.09. The summed E-state index contributed by atoms with van der Waals surface area (Å²) in [5.41, 5.74) is 1.38. The van der Waals surface area contributed by atoms with Crippen molar-refractivity contribution in [1.82, 2.24) is 0 Å². The number of rotatable bonds is 5. The molecule has 0 heterocycles. The topological polar surface area (TPSA) is 72.8 Å². The Morgan fingerprint density at radius 1 is 1.10 bits per heavy atom. The lowest BCUT2D eigenvalue weighted by atomic mass is 10.1. The minimum absolute atomic E-state index is 0.0575. The number of carbonyl (C=O) groups excluding carboxylic acids is 1. The van der Waals surface area contributed by atoms with Crippen molar-refractivity contribution in [3.05, 3.63) is 53.1 Å². The van der Waals surface area contributed by atoms with Gasteiger partial charge >= 0.3 is 5.97 Å². The molecule has 2 rings (SSSR count). The number of carboxylic acids is 1. The van der Waals surface area contributed by atoms with Gasteiger partial charge in [0.05, 0.1) is 7.11 Å². The average Bonchev–Trinajstić information content (AvgIpc) is 2.47. The van der Waals surface area contributed by atoms with Gasteiger partial charge in [-0.25, -0.2) is 4.79 Å². The normalized spacial score (nSPS) is 10.0. The second-order valence-electron chi connectivity index (χ2n) is 4.43. The van der Waals surface area contributed by atoms with E-state index in [-0.39, 0.29) is 11.3 Å². The summed E-state index contributed by atoms with van der Waals surface area (Å²) in [6, 6.07) is 9.48. The molecular weight excluding hydrogens is 272 g/mol. The zero-order valence-electron chi connectivity index (χ0n) is 11.6. The Kier molecular flexibility index (Phi) is 4.23. The predicted molar refractivity (Wildman–Crippen MR) is 76.6 cm³/mol. The molecule has 0 amide bonds. The summed E-state index contributed by atoms with van der Waals surface area (Å²) in [5, 5.41) is 9.19. The molecule has 0 unspecified atom stereocenters. The van der Waals surface area contributed by atoms with Crippen molar-refractivity contribution in [2.24, 2.45) is 0 Å². The van der Waals surface area contributed by atoms with Gasteiger partial charge in [-0.1, -0.05) is 6.07 Å². The van der Waals surface area contributed by atoms with Crippen LogP contribution in [0.5, 0.6) is 17.2 Å². The quantitative estimate of drug-likeness (QED) is 0.854. The molecule has 2 aromatic carbocycles. The van der Waals surface area contributed by atoms with Gasteiger partial charge in [-0.3, -0.25) is 4.79 Å². The third-order valence-corrected chi connectivity index (χ3v) is 2.91. The molecule has 0 bridgehead atoms. The fourth-order valence-electron chi connectivity index (χ4n) is 1.85. The third-order valence-electron chi connectivity index (χ3n) is 2.91. The largest absolute Gasteiger partial charge is 0.493 e. The van der Waals surface area contributed by atoms with Crippen LogP contribution in [0.4, 0.5) is 0 Å². The summed E-state index contributed by atoms with van der Waals surface area (Å²) < 4.78 is 10.8. The summed E-state index contributed by atoms with van der Waals surface area (Å²) in [6.45, 7) is 1.84. The van der Waals surface area contributed by atoms with E-state index in [0.29, 0.717) is 23.3 Å². The molecule has 0 spiro atoms. The van der Waals surface area contributed by atoms with Crippen LogP contribution in [-0.2, 0) is 0 Å². The van der Waals surface area contributed by atoms with Gasteiger partial charge in [-0.2, -0.15) is 0 Å². The molecule has 0 aromatic heterocycles. The molecule has 5 heteroatoms. The Labute approximate surface area is 121 Å². The number of aryl methyl sites for hydroxylation is 1. The Morgan fingerprint density at radius 3 is 2.48 bits per heavy atom. The lowest BCUT2D eigenvalue weighted by molar-refractivity contribution is 0.0694. The highest BCUT2D eigenvalue weighted by atomic mass is 16.5. The van der Waals surface area contributed by atoms with Crippen LogP contribution in [-0.4, -0.2) is 24.5 Å². The summed E-state index contributed by atoms with van der Waals surface area (Å²) in [7, 11) is 1.45. The van der Waals surface area contributed by atoms with Crippen molar-refractivity contribution in [2.45, 2.75) is 6.92 Å². The van der Waals surface area contributed by atoms with Crippen LogP contribution in [0.3, 0.4) is 0 Å². The number of benzene rings is 2. The highest BCUT2D eigenvalue weighted by molar-refractivity contribution is 5.91. The zero-order chi connectivity index (χ0) is 15.4. The lowest BCUT2D eigenvalue weighted by Gasteiger charge is -2.13. The molecule has 21 heavy (non-hydrogen) atoms. The number of carbonyl (C=O) groups is 2. The van der Waals surface area contributed by atoms with E-state index in [1.54, 1.807) is 24.3 Å². The van der Waals surface area contributed by atoms with Gasteiger partial charge in [0, 0.05) is 5.56 Å². The van der Waals surface area contributed by atoms with Crippen LogP contribution in [0.2, 0.25) is 0 Å². The Morgan fingerprint density at radius 2 is 1.86 bits per heavy atom. The van der Waals surface area contributed by atoms with Crippen molar-refractivity contribution >= 4 is 12.3 Å². The van der Waals surface area contributed by atoms with E-state index in [9.17, 15) is 14.7 Å². The molecule has 0 fully saturated rings. The molecule has 0 saturated heterocycles. The molecule has 0 aliphatic rings. The van der Waals surface area contributed by atoms with Crippen molar-refractivity contribution in [2.75, 3.05) is 7.11 Å². The van der Waals surface area contributed by atoms with E-state index >= 15 is 0 Å². The monoisotopic (exact) mass is 286 g/mol.